The van der Waals surface area contributed by atoms with Gasteiger partial charge in [0.25, 0.3) is 5.91 Å². The van der Waals surface area contributed by atoms with E-state index in [9.17, 15) is 18.0 Å². The lowest BCUT2D eigenvalue weighted by atomic mass is 9.98. The number of carbonyl (C=O) groups is 1. The fourth-order valence-electron chi connectivity index (χ4n) is 3.91. The fourth-order valence-corrected chi connectivity index (χ4v) is 4.37. The maximum atomic E-state index is 14.2. The summed E-state index contributed by atoms with van der Waals surface area (Å²) in [5.41, 5.74) is 0.978. The highest BCUT2D eigenvalue weighted by molar-refractivity contribution is 6.39. The summed E-state index contributed by atoms with van der Waals surface area (Å²) in [7, 11) is 0. The number of aromatic amines is 1. The molecule has 1 aliphatic rings. The molecule has 0 spiro atoms. The third-order valence-corrected chi connectivity index (χ3v) is 6.00. The number of aromatic nitrogens is 3. The highest BCUT2D eigenvalue weighted by Gasteiger charge is 2.36. The molecule has 0 aliphatic carbocycles. The quantitative estimate of drug-likeness (QED) is 0.270. The van der Waals surface area contributed by atoms with Gasteiger partial charge in [0.05, 0.1) is 38.0 Å². The second-order valence-corrected chi connectivity index (χ2v) is 9.35. The minimum absolute atomic E-state index is 0.0670. The molecule has 0 saturated heterocycles. The molecule has 0 saturated carbocycles. The molecule has 0 fully saturated rings. The summed E-state index contributed by atoms with van der Waals surface area (Å²) in [4.78, 5) is 24.6. The number of rotatable bonds is 4. The van der Waals surface area contributed by atoms with Gasteiger partial charge in [0.2, 0.25) is 5.95 Å². The maximum absolute atomic E-state index is 14.2. The summed E-state index contributed by atoms with van der Waals surface area (Å²) in [6, 6.07) is 3.15. The van der Waals surface area contributed by atoms with E-state index in [1.165, 1.54) is 18.5 Å². The summed E-state index contributed by atoms with van der Waals surface area (Å²) < 4.78 is 47.1. The normalized spacial score (nSPS) is 14.0. The van der Waals surface area contributed by atoms with Crippen molar-refractivity contribution in [3.05, 3.63) is 69.2 Å². The van der Waals surface area contributed by atoms with Crippen LogP contribution in [-0.4, -0.2) is 26.5 Å². The van der Waals surface area contributed by atoms with Gasteiger partial charge < -0.3 is 20.4 Å². The number of pyridine rings is 1. The Hall–Kier alpha value is -3.50. The number of nitrogens with one attached hydrogen (secondary N) is 3. The zero-order chi connectivity index (χ0) is 25.1. The number of anilines is 3. The van der Waals surface area contributed by atoms with E-state index in [4.69, 9.17) is 27.9 Å². The van der Waals surface area contributed by atoms with Crippen LogP contribution in [0, 0.1) is 17.5 Å². The molecule has 0 radical (unpaired) electrons. The Morgan fingerprint density at radius 1 is 1.14 bits per heavy atom. The minimum atomic E-state index is -1.68. The summed E-state index contributed by atoms with van der Waals surface area (Å²) in [6.45, 7) is 3.69. The molecule has 5 rings (SSSR count). The van der Waals surface area contributed by atoms with Crippen molar-refractivity contribution in [3.63, 3.8) is 0 Å². The molecule has 7 nitrogen and oxygen atoms in total. The number of carbonyl (C=O) groups excluding carboxylic acids is 1. The van der Waals surface area contributed by atoms with Crippen LogP contribution in [-0.2, 0) is 6.42 Å². The first-order valence-corrected chi connectivity index (χ1v) is 11.0. The number of halogens is 5. The van der Waals surface area contributed by atoms with Crippen LogP contribution < -0.4 is 15.4 Å². The highest BCUT2D eigenvalue weighted by Crippen LogP contribution is 2.43. The van der Waals surface area contributed by atoms with Crippen LogP contribution in [0.3, 0.4) is 0 Å². The third kappa shape index (κ3) is 4.12. The number of benzene rings is 2. The number of fused-ring (bicyclic) bond motifs is 3. The van der Waals surface area contributed by atoms with Crippen LogP contribution in [0.1, 0.15) is 29.8 Å². The van der Waals surface area contributed by atoms with Gasteiger partial charge in [-0.05, 0) is 32.0 Å². The molecule has 3 N–H and O–H groups in total. The van der Waals surface area contributed by atoms with Crippen LogP contribution >= 0.6 is 23.2 Å². The van der Waals surface area contributed by atoms with Gasteiger partial charge in [-0.25, -0.2) is 18.2 Å². The van der Waals surface area contributed by atoms with Crippen LogP contribution in [0.15, 0.2) is 30.6 Å². The van der Waals surface area contributed by atoms with Gasteiger partial charge >= 0.3 is 0 Å². The summed E-state index contributed by atoms with van der Waals surface area (Å²) >= 11 is 12.4. The van der Waals surface area contributed by atoms with Crippen LogP contribution in [0.4, 0.5) is 30.5 Å². The van der Waals surface area contributed by atoms with E-state index in [1.54, 1.807) is 0 Å². The Balaban J connectivity index is 1.57. The SMILES string of the molecule is CC1(C)Cc2c(c(C(=O)Nc3ccc(F)c(F)c3F)cc3[nH]c(Nc4c(Cl)cncc4Cl)nc23)O1. The second-order valence-electron chi connectivity index (χ2n) is 8.53. The van der Waals surface area contributed by atoms with Crippen LogP contribution in [0.25, 0.3) is 11.0 Å². The van der Waals surface area contributed by atoms with E-state index in [-0.39, 0.29) is 21.4 Å². The predicted molar refractivity (Wildman–Crippen MR) is 126 cm³/mol. The molecule has 0 bridgehead atoms. The van der Waals surface area contributed by atoms with E-state index < -0.39 is 34.6 Å². The lowest BCUT2D eigenvalue weighted by molar-refractivity contribution is 0.101. The van der Waals surface area contributed by atoms with Crippen molar-refractivity contribution in [1.82, 2.24) is 15.0 Å². The number of nitrogens with zero attached hydrogens (tertiary/aromatic N) is 2. The lowest BCUT2D eigenvalue weighted by Crippen LogP contribution is -2.25. The Bertz CT molecular complexity index is 1500. The van der Waals surface area contributed by atoms with Crippen molar-refractivity contribution >= 4 is 57.5 Å². The molecule has 1 amide bonds. The van der Waals surface area contributed by atoms with E-state index in [1.807, 2.05) is 13.8 Å². The number of hydrogen-bond donors (Lipinski definition) is 3. The molecular formula is C23H16Cl2F3N5O2. The zero-order valence-corrected chi connectivity index (χ0v) is 19.7. The first-order chi connectivity index (χ1) is 16.5. The van der Waals surface area contributed by atoms with Crippen LogP contribution in [0.5, 0.6) is 5.75 Å². The van der Waals surface area contributed by atoms with Gasteiger partial charge in [0.1, 0.15) is 11.4 Å². The Morgan fingerprint density at radius 3 is 2.57 bits per heavy atom. The van der Waals surface area contributed by atoms with Crippen molar-refractivity contribution in [3.8, 4) is 5.75 Å². The van der Waals surface area contributed by atoms with Gasteiger partial charge in [-0.3, -0.25) is 9.78 Å². The number of ether oxygens (including phenoxy) is 1. The Labute approximate surface area is 206 Å². The standard InChI is InChI=1S/C23H16Cl2F3N5O2/c1-23(2)6-10-18-15(31-22(32-18)33-19-11(24)7-29-8-12(19)25)5-9(20(10)35-23)21(34)30-14-4-3-13(26)16(27)17(14)28/h3-5,7-8H,6H2,1-2H3,(H,30,34)(H2,29,31,32,33). The minimum Gasteiger partial charge on any atom is -0.486 e. The molecule has 0 unspecified atom stereocenters. The molecular weight excluding hydrogens is 506 g/mol. The molecule has 35 heavy (non-hydrogen) atoms. The molecule has 12 heteroatoms. The Morgan fingerprint density at radius 2 is 1.86 bits per heavy atom. The smallest absolute Gasteiger partial charge is 0.259 e. The number of imidazole rings is 1. The van der Waals surface area contributed by atoms with Gasteiger partial charge in [0.15, 0.2) is 17.5 Å². The number of amides is 1. The average molecular weight is 522 g/mol. The highest BCUT2D eigenvalue weighted by atomic mass is 35.5. The van der Waals surface area contributed by atoms with Gasteiger partial charge in [-0.15, -0.1) is 0 Å². The predicted octanol–water partition coefficient (Wildman–Crippen LogP) is 6.39. The maximum Gasteiger partial charge on any atom is 0.259 e. The molecule has 2 aromatic heterocycles. The summed E-state index contributed by atoms with van der Waals surface area (Å²) in [6.07, 6.45) is 3.28. The first-order valence-electron chi connectivity index (χ1n) is 10.3. The molecule has 2 aromatic carbocycles. The van der Waals surface area contributed by atoms with Crippen molar-refractivity contribution in [2.24, 2.45) is 0 Å². The summed E-state index contributed by atoms with van der Waals surface area (Å²) in [5.74, 6) is -4.75. The molecule has 1 aliphatic heterocycles. The number of H-pyrrole nitrogens is 1. The van der Waals surface area contributed by atoms with E-state index in [0.29, 0.717) is 34.7 Å². The molecule has 4 aromatic rings. The second kappa shape index (κ2) is 8.31. The summed E-state index contributed by atoms with van der Waals surface area (Å²) in [5, 5.41) is 5.85. The molecule has 3 heterocycles. The largest absolute Gasteiger partial charge is 0.486 e. The lowest BCUT2D eigenvalue weighted by Gasteiger charge is -2.18. The van der Waals surface area contributed by atoms with Crippen molar-refractivity contribution in [2.45, 2.75) is 25.9 Å². The van der Waals surface area contributed by atoms with E-state index in [2.05, 4.69) is 25.6 Å². The van der Waals surface area contributed by atoms with Crippen molar-refractivity contribution in [2.75, 3.05) is 10.6 Å². The van der Waals surface area contributed by atoms with Crippen molar-refractivity contribution in [1.29, 1.82) is 0 Å². The van der Waals surface area contributed by atoms with Gasteiger partial charge in [-0.1, -0.05) is 23.2 Å². The van der Waals surface area contributed by atoms with E-state index in [0.717, 1.165) is 12.1 Å². The van der Waals surface area contributed by atoms with Gasteiger partial charge in [0, 0.05) is 24.4 Å². The monoisotopic (exact) mass is 521 g/mol. The molecule has 0 atom stereocenters. The molecule has 180 valence electrons. The van der Waals surface area contributed by atoms with Crippen LogP contribution in [0.2, 0.25) is 10.0 Å². The van der Waals surface area contributed by atoms with Gasteiger partial charge in [-0.2, -0.15) is 0 Å². The van der Waals surface area contributed by atoms with Crippen molar-refractivity contribution < 1.29 is 22.7 Å². The zero-order valence-electron chi connectivity index (χ0n) is 18.2. The number of hydrogen-bond acceptors (Lipinski definition) is 5. The topological polar surface area (TPSA) is 91.9 Å². The first kappa shape index (κ1) is 23.3. The Kier molecular flexibility index (Phi) is 5.52. The third-order valence-electron chi connectivity index (χ3n) is 5.43. The van der Waals surface area contributed by atoms with E-state index >= 15 is 0 Å². The average Bonchev–Trinajstić information content (AvgIpc) is 3.35. The fraction of sp³-hybridized carbons (Fsp3) is 0.174.